The summed E-state index contributed by atoms with van der Waals surface area (Å²) in [6.45, 7) is 0. The maximum atomic E-state index is 13.5. The minimum Gasteiger partial charge on any atom is -0.284 e. The van der Waals surface area contributed by atoms with E-state index < -0.39 is 0 Å². The monoisotopic (exact) mass is 472 g/mol. The average molecular weight is 472 g/mol. The molecule has 3 aromatic carbocycles. The molecular weight excluding hydrogens is 454 g/mol. The average Bonchev–Trinajstić information content (AvgIpc) is 2.99. The predicted octanol–water partition coefficient (Wildman–Crippen LogP) is 5.35. The fourth-order valence-corrected chi connectivity index (χ4v) is 4.12. The number of halogens is 2. The molecule has 0 unspecified atom stereocenters. The van der Waals surface area contributed by atoms with Crippen LogP contribution in [0.5, 0.6) is 0 Å². The van der Waals surface area contributed by atoms with Crippen LogP contribution in [-0.2, 0) is 0 Å². The van der Waals surface area contributed by atoms with E-state index in [1.807, 2.05) is 47.0 Å². The van der Waals surface area contributed by atoms with E-state index in [0.29, 0.717) is 5.69 Å². The summed E-state index contributed by atoms with van der Waals surface area (Å²) in [5.41, 5.74) is 3.37. The van der Waals surface area contributed by atoms with Crippen LogP contribution in [0.1, 0.15) is 18.0 Å². The Morgan fingerprint density at radius 3 is 2.15 bits per heavy atom. The summed E-state index contributed by atoms with van der Waals surface area (Å²) in [7, 11) is 0. The quantitative estimate of drug-likeness (QED) is 0.285. The maximum absolute atomic E-state index is 13.5. The standard InChI is InChI=1S/C22H18FIN2O/c23-17-10-12-18(13-11-17)25-20-8-4-5-9-21(20)26(22(25)27)19(14-15-24)16-6-2-1-3-7-16/h1-13,19H,14-15H2/t19-/m1/s1. The summed E-state index contributed by atoms with van der Waals surface area (Å²) in [6, 6.07) is 23.9. The van der Waals surface area contributed by atoms with Gasteiger partial charge in [0.05, 0.1) is 22.8 Å². The highest BCUT2D eigenvalue weighted by Gasteiger charge is 2.22. The molecule has 0 saturated heterocycles. The van der Waals surface area contributed by atoms with Crippen LogP contribution in [0, 0.1) is 5.82 Å². The van der Waals surface area contributed by atoms with E-state index in [2.05, 4.69) is 34.7 Å². The van der Waals surface area contributed by atoms with Gasteiger partial charge in [-0.3, -0.25) is 9.13 Å². The lowest BCUT2D eigenvalue weighted by Crippen LogP contribution is -2.27. The van der Waals surface area contributed by atoms with E-state index in [0.717, 1.165) is 27.4 Å². The third-order valence-corrected chi connectivity index (χ3v) is 5.37. The van der Waals surface area contributed by atoms with Crippen molar-refractivity contribution in [2.24, 2.45) is 0 Å². The first-order valence-corrected chi connectivity index (χ1v) is 10.3. The number of benzene rings is 3. The number of para-hydroxylation sites is 2. The third kappa shape index (κ3) is 3.32. The van der Waals surface area contributed by atoms with Crippen LogP contribution in [0.2, 0.25) is 0 Å². The lowest BCUT2D eigenvalue weighted by atomic mass is 10.0. The largest absolute Gasteiger partial charge is 0.334 e. The van der Waals surface area contributed by atoms with Crippen LogP contribution >= 0.6 is 22.6 Å². The zero-order valence-electron chi connectivity index (χ0n) is 14.6. The molecular formula is C22H18FIN2O. The molecule has 0 amide bonds. The van der Waals surface area contributed by atoms with Crippen molar-refractivity contribution in [2.75, 3.05) is 4.43 Å². The molecule has 27 heavy (non-hydrogen) atoms. The summed E-state index contributed by atoms with van der Waals surface area (Å²) in [5, 5.41) is 0. The van der Waals surface area contributed by atoms with Gasteiger partial charge in [0.25, 0.3) is 0 Å². The maximum Gasteiger partial charge on any atom is 0.334 e. The van der Waals surface area contributed by atoms with Crippen LogP contribution in [0.4, 0.5) is 4.39 Å². The molecule has 0 spiro atoms. The van der Waals surface area contributed by atoms with Crippen LogP contribution < -0.4 is 5.69 Å². The van der Waals surface area contributed by atoms with Gasteiger partial charge in [-0.1, -0.05) is 65.1 Å². The predicted molar refractivity (Wildman–Crippen MR) is 116 cm³/mol. The van der Waals surface area contributed by atoms with Crippen LogP contribution in [0.3, 0.4) is 0 Å². The van der Waals surface area contributed by atoms with Crippen molar-refractivity contribution in [3.8, 4) is 5.69 Å². The zero-order chi connectivity index (χ0) is 18.8. The van der Waals surface area contributed by atoms with Gasteiger partial charge >= 0.3 is 5.69 Å². The molecule has 4 aromatic rings. The Balaban J connectivity index is 2.00. The molecule has 0 aliphatic carbocycles. The first kappa shape index (κ1) is 18.0. The molecule has 5 heteroatoms. The smallest absolute Gasteiger partial charge is 0.284 e. The van der Waals surface area contributed by atoms with Crippen LogP contribution in [-0.4, -0.2) is 13.6 Å². The molecule has 0 bridgehead atoms. The van der Waals surface area contributed by atoms with Gasteiger partial charge in [0.1, 0.15) is 5.82 Å². The Morgan fingerprint density at radius 2 is 1.48 bits per heavy atom. The number of aromatic nitrogens is 2. The van der Waals surface area contributed by atoms with Gasteiger partial charge in [0, 0.05) is 4.43 Å². The van der Waals surface area contributed by atoms with Crippen molar-refractivity contribution >= 4 is 33.6 Å². The number of fused-ring (bicyclic) bond motifs is 1. The number of alkyl halides is 1. The molecule has 136 valence electrons. The molecule has 1 aromatic heterocycles. The highest BCUT2D eigenvalue weighted by atomic mass is 127. The summed E-state index contributed by atoms with van der Waals surface area (Å²) >= 11 is 2.35. The molecule has 0 radical (unpaired) electrons. The number of nitrogens with zero attached hydrogens (tertiary/aromatic N) is 2. The third-order valence-electron chi connectivity index (χ3n) is 4.74. The van der Waals surface area contributed by atoms with E-state index >= 15 is 0 Å². The molecule has 1 heterocycles. The SMILES string of the molecule is O=c1n(-c2ccc(F)cc2)c2ccccc2n1[C@H](CCI)c1ccccc1. The van der Waals surface area contributed by atoms with Crippen molar-refractivity contribution in [3.05, 3.63) is 101 Å². The van der Waals surface area contributed by atoms with Gasteiger partial charge in [-0.25, -0.2) is 9.18 Å². The molecule has 0 aliphatic rings. The lowest BCUT2D eigenvalue weighted by Gasteiger charge is -2.18. The normalized spacial score (nSPS) is 12.4. The Morgan fingerprint density at radius 1 is 0.852 bits per heavy atom. The van der Waals surface area contributed by atoms with Gasteiger partial charge in [0.15, 0.2) is 0 Å². The molecule has 3 nitrogen and oxygen atoms in total. The summed E-state index contributed by atoms with van der Waals surface area (Å²) in [4.78, 5) is 13.5. The van der Waals surface area contributed by atoms with Crippen molar-refractivity contribution in [3.63, 3.8) is 0 Å². The first-order chi connectivity index (χ1) is 13.2. The minimum absolute atomic E-state index is 0.0535. The van der Waals surface area contributed by atoms with Gasteiger partial charge in [-0.15, -0.1) is 0 Å². The molecule has 4 rings (SSSR count). The molecule has 0 N–H and O–H groups in total. The molecule has 0 saturated carbocycles. The van der Waals surface area contributed by atoms with E-state index in [1.165, 1.54) is 12.1 Å². The second-order valence-corrected chi connectivity index (χ2v) is 7.44. The molecule has 1 atom stereocenters. The molecule has 0 fully saturated rings. The topological polar surface area (TPSA) is 26.9 Å². The molecule has 0 aliphatic heterocycles. The summed E-state index contributed by atoms with van der Waals surface area (Å²) in [6.07, 6.45) is 0.849. The second kappa shape index (κ2) is 7.68. The summed E-state index contributed by atoms with van der Waals surface area (Å²) in [5.74, 6) is -0.317. The van der Waals surface area contributed by atoms with Gasteiger partial charge in [-0.2, -0.15) is 0 Å². The van der Waals surface area contributed by atoms with E-state index in [-0.39, 0.29) is 17.5 Å². The lowest BCUT2D eigenvalue weighted by molar-refractivity contribution is 0.566. The number of imidazole rings is 1. The minimum atomic E-state index is -0.317. The fraction of sp³-hybridized carbons (Fsp3) is 0.136. The zero-order valence-corrected chi connectivity index (χ0v) is 16.7. The van der Waals surface area contributed by atoms with Crippen LogP contribution in [0.25, 0.3) is 16.7 Å². The van der Waals surface area contributed by atoms with Crippen molar-refractivity contribution in [1.82, 2.24) is 9.13 Å². The summed E-state index contributed by atoms with van der Waals surface area (Å²) < 4.78 is 17.8. The Hall–Kier alpha value is -2.41. The van der Waals surface area contributed by atoms with E-state index in [9.17, 15) is 9.18 Å². The van der Waals surface area contributed by atoms with Gasteiger partial charge in [0.2, 0.25) is 0 Å². The van der Waals surface area contributed by atoms with Crippen molar-refractivity contribution in [1.29, 1.82) is 0 Å². The Labute approximate surface area is 170 Å². The highest BCUT2D eigenvalue weighted by Crippen LogP contribution is 2.27. The Kier molecular flexibility index (Phi) is 5.11. The van der Waals surface area contributed by atoms with E-state index in [1.54, 1.807) is 16.7 Å². The number of hydrogen-bond acceptors (Lipinski definition) is 1. The first-order valence-electron chi connectivity index (χ1n) is 8.79. The van der Waals surface area contributed by atoms with Gasteiger partial charge in [-0.05, 0) is 48.4 Å². The fourth-order valence-electron chi connectivity index (χ4n) is 3.54. The number of hydrogen-bond donors (Lipinski definition) is 0. The number of rotatable bonds is 5. The van der Waals surface area contributed by atoms with Crippen LogP contribution in [0.15, 0.2) is 83.7 Å². The van der Waals surface area contributed by atoms with Crippen molar-refractivity contribution in [2.45, 2.75) is 12.5 Å². The highest BCUT2D eigenvalue weighted by molar-refractivity contribution is 14.1. The van der Waals surface area contributed by atoms with E-state index in [4.69, 9.17) is 0 Å². The van der Waals surface area contributed by atoms with Gasteiger partial charge < -0.3 is 0 Å². The Bertz CT molecular complexity index is 1120. The van der Waals surface area contributed by atoms with Crippen molar-refractivity contribution < 1.29 is 4.39 Å². The second-order valence-electron chi connectivity index (χ2n) is 6.36.